The van der Waals surface area contributed by atoms with Crippen LogP contribution in [-0.2, 0) is 9.59 Å². The van der Waals surface area contributed by atoms with E-state index in [1.54, 1.807) is 4.90 Å². The highest BCUT2D eigenvalue weighted by Crippen LogP contribution is 2.49. The van der Waals surface area contributed by atoms with Crippen LogP contribution in [-0.4, -0.2) is 65.5 Å². The Hall–Kier alpha value is -2.41. The first-order valence-corrected chi connectivity index (χ1v) is 12.3. The number of piperazine rings is 1. The number of amides is 2. The zero-order valence-electron chi connectivity index (χ0n) is 18.7. The molecule has 3 aliphatic heterocycles. The molecule has 1 aliphatic carbocycles. The SMILES string of the molecule is O=C1CC2(CCC2)CC(=O)N1CC[C@@H]1CC[C@@H]2CN(c3noc4ccccc34)CCN2C1. The van der Waals surface area contributed by atoms with Crippen molar-refractivity contribution in [1.29, 1.82) is 0 Å². The van der Waals surface area contributed by atoms with Crippen molar-refractivity contribution in [2.75, 3.05) is 37.6 Å². The van der Waals surface area contributed by atoms with Crippen LogP contribution in [0.2, 0.25) is 0 Å². The minimum absolute atomic E-state index is 0.0254. The Bertz CT molecular complexity index is 1010. The van der Waals surface area contributed by atoms with Gasteiger partial charge in [0.25, 0.3) is 0 Å². The highest BCUT2D eigenvalue weighted by molar-refractivity contribution is 5.98. The monoisotopic (exact) mass is 436 g/mol. The van der Waals surface area contributed by atoms with E-state index in [2.05, 4.69) is 21.0 Å². The molecule has 7 nitrogen and oxygen atoms in total. The molecule has 170 valence electrons. The van der Waals surface area contributed by atoms with Gasteiger partial charge in [-0.05, 0) is 55.6 Å². The Labute approximate surface area is 188 Å². The Morgan fingerprint density at radius 3 is 2.62 bits per heavy atom. The van der Waals surface area contributed by atoms with Gasteiger partial charge < -0.3 is 9.42 Å². The van der Waals surface area contributed by atoms with Crippen LogP contribution in [0.15, 0.2) is 28.8 Å². The Morgan fingerprint density at radius 2 is 1.84 bits per heavy atom. The van der Waals surface area contributed by atoms with Gasteiger partial charge in [-0.25, -0.2) is 0 Å². The summed E-state index contributed by atoms with van der Waals surface area (Å²) in [6, 6.07) is 8.60. The fraction of sp³-hybridized carbons (Fsp3) is 0.640. The van der Waals surface area contributed by atoms with Crippen LogP contribution >= 0.6 is 0 Å². The van der Waals surface area contributed by atoms with E-state index in [9.17, 15) is 9.59 Å². The van der Waals surface area contributed by atoms with Gasteiger partial charge >= 0.3 is 0 Å². The fourth-order valence-corrected chi connectivity index (χ4v) is 6.41. The van der Waals surface area contributed by atoms with Gasteiger partial charge in [-0.1, -0.05) is 23.7 Å². The van der Waals surface area contributed by atoms with E-state index in [1.165, 1.54) is 6.42 Å². The zero-order valence-corrected chi connectivity index (χ0v) is 18.7. The number of anilines is 1. The van der Waals surface area contributed by atoms with Crippen molar-refractivity contribution in [3.63, 3.8) is 0 Å². The fourth-order valence-electron chi connectivity index (χ4n) is 6.41. The van der Waals surface area contributed by atoms with Crippen LogP contribution in [0.25, 0.3) is 11.0 Å². The normalized spacial score (nSPS) is 28.2. The number of para-hydroxylation sites is 1. The summed E-state index contributed by atoms with van der Waals surface area (Å²) in [5.74, 6) is 1.67. The molecule has 0 bridgehead atoms. The van der Waals surface area contributed by atoms with Gasteiger partial charge in [0.2, 0.25) is 11.8 Å². The lowest BCUT2D eigenvalue weighted by Crippen LogP contribution is -2.57. The summed E-state index contributed by atoms with van der Waals surface area (Å²) in [5, 5.41) is 5.44. The average Bonchev–Trinajstić information content (AvgIpc) is 3.21. The maximum Gasteiger partial charge on any atom is 0.229 e. The number of imide groups is 1. The average molecular weight is 437 g/mol. The molecule has 0 N–H and O–H groups in total. The number of nitrogens with zero attached hydrogens (tertiary/aromatic N) is 4. The maximum atomic E-state index is 12.6. The smallest absolute Gasteiger partial charge is 0.229 e. The number of carbonyl (C=O) groups excluding carboxylic acids is 2. The third-order valence-corrected chi connectivity index (χ3v) is 8.49. The molecular formula is C25H32N4O3. The molecule has 2 atom stereocenters. The van der Waals surface area contributed by atoms with Crippen LogP contribution in [0.4, 0.5) is 5.82 Å². The van der Waals surface area contributed by atoms with Gasteiger partial charge in [-0.2, -0.15) is 0 Å². The van der Waals surface area contributed by atoms with Crippen LogP contribution < -0.4 is 4.90 Å². The summed E-state index contributed by atoms with van der Waals surface area (Å²) in [6.45, 7) is 4.62. The summed E-state index contributed by atoms with van der Waals surface area (Å²) in [6.07, 6.45) is 7.71. The summed E-state index contributed by atoms with van der Waals surface area (Å²) in [4.78, 5) is 31.8. The van der Waals surface area contributed by atoms with Crippen molar-refractivity contribution in [2.45, 2.75) is 57.4 Å². The predicted molar refractivity (Wildman–Crippen MR) is 121 cm³/mol. The topological polar surface area (TPSA) is 69.9 Å². The second-order valence-electron chi connectivity index (χ2n) is 10.5. The lowest BCUT2D eigenvalue weighted by molar-refractivity contribution is -0.156. The number of benzene rings is 1. The van der Waals surface area contributed by atoms with E-state index < -0.39 is 0 Å². The number of carbonyl (C=O) groups is 2. The van der Waals surface area contributed by atoms with E-state index >= 15 is 0 Å². The van der Waals surface area contributed by atoms with Gasteiger partial charge in [0.05, 0.1) is 5.39 Å². The Kier molecular flexibility index (Phi) is 4.97. The summed E-state index contributed by atoms with van der Waals surface area (Å²) in [7, 11) is 0. The van der Waals surface area contributed by atoms with E-state index in [4.69, 9.17) is 4.52 Å². The lowest BCUT2D eigenvalue weighted by atomic mass is 9.63. The molecule has 2 amide bonds. The van der Waals surface area contributed by atoms with E-state index in [0.717, 1.165) is 75.1 Å². The molecule has 32 heavy (non-hydrogen) atoms. The maximum absolute atomic E-state index is 12.6. The highest BCUT2D eigenvalue weighted by atomic mass is 16.5. The van der Waals surface area contributed by atoms with Crippen LogP contribution in [0, 0.1) is 11.3 Å². The summed E-state index contributed by atoms with van der Waals surface area (Å²) >= 11 is 0. The van der Waals surface area contributed by atoms with E-state index in [0.29, 0.717) is 31.3 Å². The molecule has 2 aromatic rings. The minimum Gasteiger partial charge on any atom is -0.354 e. The predicted octanol–water partition coefficient (Wildman–Crippen LogP) is 3.44. The van der Waals surface area contributed by atoms with Crippen molar-refractivity contribution in [3.8, 4) is 0 Å². The lowest BCUT2D eigenvalue weighted by Gasteiger charge is -2.47. The Morgan fingerprint density at radius 1 is 1.03 bits per heavy atom. The number of rotatable bonds is 4. The van der Waals surface area contributed by atoms with Crippen LogP contribution in [0.5, 0.6) is 0 Å². The second kappa shape index (κ2) is 7.87. The second-order valence-corrected chi connectivity index (χ2v) is 10.5. The Balaban J connectivity index is 1.03. The van der Waals surface area contributed by atoms with Crippen molar-refractivity contribution in [3.05, 3.63) is 24.3 Å². The number of hydrogen-bond acceptors (Lipinski definition) is 6. The molecule has 4 aliphatic rings. The van der Waals surface area contributed by atoms with Gasteiger partial charge in [-0.3, -0.25) is 19.4 Å². The molecule has 1 saturated carbocycles. The highest BCUT2D eigenvalue weighted by Gasteiger charge is 2.47. The molecule has 0 radical (unpaired) electrons. The third-order valence-electron chi connectivity index (χ3n) is 8.49. The number of piperidine rings is 2. The quantitative estimate of drug-likeness (QED) is 0.684. The largest absolute Gasteiger partial charge is 0.354 e. The standard InChI is InChI=1S/C25H32N4O3/c30-22-14-25(9-3-10-25)15-23(31)29(22)11-8-18-6-7-19-17-28(13-12-27(19)16-18)24-20-4-1-2-5-21(20)32-26-24/h1-2,4-5,18-19H,3,6-17H2/t18-,19+/m0/s1. The molecule has 0 unspecified atom stereocenters. The van der Waals surface area contributed by atoms with Gasteiger partial charge in [-0.15, -0.1) is 0 Å². The van der Waals surface area contributed by atoms with Crippen molar-refractivity contribution in [2.24, 2.45) is 11.3 Å². The van der Waals surface area contributed by atoms with Gasteiger partial charge in [0.15, 0.2) is 11.4 Å². The third kappa shape index (κ3) is 3.51. The van der Waals surface area contributed by atoms with Crippen molar-refractivity contribution >= 4 is 28.6 Å². The minimum atomic E-state index is 0.0254. The molecule has 4 heterocycles. The molecule has 1 aromatic carbocycles. The number of hydrogen-bond donors (Lipinski definition) is 0. The van der Waals surface area contributed by atoms with Crippen LogP contribution in [0.3, 0.4) is 0 Å². The molecule has 4 fully saturated rings. The summed E-state index contributed by atoms with van der Waals surface area (Å²) < 4.78 is 5.52. The molecule has 7 heteroatoms. The van der Waals surface area contributed by atoms with Gasteiger partial charge in [0, 0.05) is 51.6 Å². The van der Waals surface area contributed by atoms with E-state index in [1.807, 2.05) is 18.2 Å². The number of aromatic nitrogens is 1. The number of fused-ring (bicyclic) bond motifs is 2. The zero-order chi connectivity index (χ0) is 21.7. The molecular weight excluding hydrogens is 404 g/mol. The van der Waals surface area contributed by atoms with E-state index in [-0.39, 0.29) is 17.2 Å². The molecule has 1 spiro atoms. The van der Waals surface area contributed by atoms with Crippen molar-refractivity contribution in [1.82, 2.24) is 15.0 Å². The molecule has 3 saturated heterocycles. The number of likely N-dealkylation sites (tertiary alicyclic amines) is 1. The molecule has 1 aromatic heterocycles. The first kappa shape index (κ1) is 20.2. The first-order valence-electron chi connectivity index (χ1n) is 12.3. The van der Waals surface area contributed by atoms with Crippen LogP contribution in [0.1, 0.15) is 51.4 Å². The summed E-state index contributed by atoms with van der Waals surface area (Å²) in [5.41, 5.74) is 0.871. The van der Waals surface area contributed by atoms with Gasteiger partial charge in [0.1, 0.15) is 0 Å². The first-order chi connectivity index (χ1) is 15.6. The van der Waals surface area contributed by atoms with Crippen molar-refractivity contribution < 1.29 is 14.1 Å². The molecule has 6 rings (SSSR count).